The van der Waals surface area contributed by atoms with Crippen molar-refractivity contribution in [2.24, 2.45) is 0 Å². The lowest BCUT2D eigenvalue weighted by Gasteiger charge is -2.23. The SMILES string of the molecule is CCC(Nc1cc2c(cc1Cl)OCCO2)c1ccccc1. The van der Waals surface area contributed by atoms with E-state index >= 15 is 0 Å². The summed E-state index contributed by atoms with van der Waals surface area (Å²) in [5.74, 6) is 1.46. The van der Waals surface area contributed by atoms with Crippen molar-refractivity contribution in [1.82, 2.24) is 0 Å². The van der Waals surface area contributed by atoms with Crippen LogP contribution < -0.4 is 14.8 Å². The molecule has 0 saturated heterocycles. The molecule has 1 atom stereocenters. The summed E-state index contributed by atoms with van der Waals surface area (Å²) in [5.41, 5.74) is 2.11. The van der Waals surface area contributed by atoms with Crippen LogP contribution in [-0.4, -0.2) is 13.2 Å². The van der Waals surface area contributed by atoms with Crippen LogP contribution in [0.2, 0.25) is 5.02 Å². The first kappa shape index (κ1) is 14.1. The maximum Gasteiger partial charge on any atom is 0.163 e. The van der Waals surface area contributed by atoms with E-state index in [0.29, 0.717) is 24.0 Å². The Morgan fingerprint density at radius 3 is 2.43 bits per heavy atom. The van der Waals surface area contributed by atoms with Crippen molar-refractivity contribution >= 4 is 17.3 Å². The van der Waals surface area contributed by atoms with E-state index in [-0.39, 0.29) is 6.04 Å². The van der Waals surface area contributed by atoms with Gasteiger partial charge in [0.15, 0.2) is 11.5 Å². The van der Waals surface area contributed by atoms with Gasteiger partial charge in [0.25, 0.3) is 0 Å². The van der Waals surface area contributed by atoms with E-state index < -0.39 is 0 Å². The molecule has 1 N–H and O–H groups in total. The highest BCUT2D eigenvalue weighted by Crippen LogP contribution is 2.39. The molecule has 0 amide bonds. The van der Waals surface area contributed by atoms with Crippen LogP contribution in [0.1, 0.15) is 24.9 Å². The lowest BCUT2D eigenvalue weighted by Crippen LogP contribution is -2.16. The molecule has 0 radical (unpaired) electrons. The first-order chi connectivity index (χ1) is 10.3. The number of rotatable bonds is 4. The third kappa shape index (κ3) is 3.08. The maximum atomic E-state index is 6.35. The number of nitrogens with one attached hydrogen (secondary N) is 1. The first-order valence-corrected chi connectivity index (χ1v) is 7.56. The number of benzene rings is 2. The third-order valence-electron chi connectivity index (χ3n) is 3.57. The lowest BCUT2D eigenvalue weighted by molar-refractivity contribution is 0.171. The van der Waals surface area contributed by atoms with Crippen LogP contribution in [0.3, 0.4) is 0 Å². The zero-order valence-electron chi connectivity index (χ0n) is 11.9. The highest BCUT2D eigenvalue weighted by Gasteiger charge is 2.17. The second-order valence-electron chi connectivity index (χ2n) is 4.99. The van der Waals surface area contributed by atoms with Gasteiger partial charge in [-0.1, -0.05) is 48.9 Å². The Kier molecular flexibility index (Phi) is 4.20. The molecule has 0 aromatic heterocycles. The Morgan fingerprint density at radius 2 is 1.76 bits per heavy atom. The van der Waals surface area contributed by atoms with E-state index in [0.717, 1.165) is 17.9 Å². The topological polar surface area (TPSA) is 30.5 Å². The Bertz CT molecular complexity index is 616. The monoisotopic (exact) mass is 303 g/mol. The van der Waals surface area contributed by atoms with Crippen LogP contribution in [0.15, 0.2) is 42.5 Å². The van der Waals surface area contributed by atoms with Gasteiger partial charge in [0.1, 0.15) is 13.2 Å². The molecule has 2 aromatic carbocycles. The molecule has 0 aliphatic carbocycles. The molecule has 110 valence electrons. The predicted molar refractivity (Wildman–Crippen MR) is 85.5 cm³/mol. The van der Waals surface area contributed by atoms with Gasteiger partial charge in [-0.05, 0) is 12.0 Å². The molecule has 0 saturated carbocycles. The standard InChI is InChI=1S/C17H18ClNO2/c1-2-14(12-6-4-3-5-7-12)19-15-11-17-16(10-13(15)18)20-8-9-21-17/h3-7,10-11,14,19H,2,8-9H2,1H3. The van der Waals surface area contributed by atoms with Crippen LogP contribution >= 0.6 is 11.6 Å². The quantitative estimate of drug-likeness (QED) is 0.890. The molecular weight excluding hydrogens is 286 g/mol. The minimum Gasteiger partial charge on any atom is -0.486 e. The predicted octanol–water partition coefficient (Wildman–Crippen LogP) is 4.67. The zero-order valence-corrected chi connectivity index (χ0v) is 12.7. The summed E-state index contributed by atoms with van der Waals surface area (Å²) in [4.78, 5) is 0. The van der Waals surface area contributed by atoms with Crippen molar-refractivity contribution in [3.05, 3.63) is 53.1 Å². The van der Waals surface area contributed by atoms with Gasteiger partial charge in [0, 0.05) is 12.1 Å². The highest BCUT2D eigenvalue weighted by molar-refractivity contribution is 6.33. The summed E-state index contributed by atoms with van der Waals surface area (Å²) >= 11 is 6.35. The molecular formula is C17H18ClNO2. The van der Waals surface area contributed by atoms with Gasteiger partial charge in [0.05, 0.1) is 16.8 Å². The first-order valence-electron chi connectivity index (χ1n) is 7.18. The van der Waals surface area contributed by atoms with Gasteiger partial charge >= 0.3 is 0 Å². The normalized spacial score (nSPS) is 14.6. The van der Waals surface area contributed by atoms with E-state index in [2.05, 4.69) is 24.4 Å². The van der Waals surface area contributed by atoms with Crippen molar-refractivity contribution in [2.45, 2.75) is 19.4 Å². The number of halogens is 1. The summed E-state index contributed by atoms with van der Waals surface area (Å²) in [6, 6.07) is 14.3. The third-order valence-corrected chi connectivity index (χ3v) is 3.88. The number of anilines is 1. The molecule has 0 fully saturated rings. The minimum atomic E-state index is 0.214. The van der Waals surface area contributed by atoms with E-state index in [1.54, 1.807) is 0 Å². The van der Waals surface area contributed by atoms with Crippen molar-refractivity contribution in [1.29, 1.82) is 0 Å². The van der Waals surface area contributed by atoms with Crippen LogP contribution in [0.4, 0.5) is 5.69 Å². The van der Waals surface area contributed by atoms with Gasteiger partial charge in [-0.25, -0.2) is 0 Å². The summed E-state index contributed by atoms with van der Waals surface area (Å²) in [5, 5.41) is 4.14. The van der Waals surface area contributed by atoms with Gasteiger partial charge in [-0.3, -0.25) is 0 Å². The Morgan fingerprint density at radius 1 is 1.10 bits per heavy atom. The molecule has 3 rings (SSSR count). The van der Waals surface area contributed by atoms with Gasteiger partial charge in [-0.15, -0.1) is 0 Å². The molecule has 2 aromatic rings. The van der Waals surface area contributed by atoms with Gasteiger partial charge in [0.2, 0.25) is 0 Å². The molecule has 0 bridgehead atoms. The molecule has 1 unspecified atom stereocenters. The molecule has 1 aliphatic heterocycles. The largest absolute Gasteiger partial charge is 0.486 e. The molecule has 0 spiro atoms. The molecule has 3 nitrogen and oxygen atoms in total. The lowest BCUT2D eigenvalue weighted by atomic mass is 10.0. The van der Waals surface area contributed by atoms with Crippen LogP contribution in [-0.2, 0) is 0 Å². The molecule has 1 aliphatic rings. The second-order valence-corrected chi connectivity index (χ2v) is 5.40. The van der Waals surface area contributed by atoms with Gasteiger partial charge in [-0.2, -0.15) is 0 Å². The maximum absolute atomic E-state index is 6.35. The van der Waals surface area contributed by atoms with Crippen molar-refractivity contribution in [3.8, 4) is 11.5 Å². The summed E-state index contributed by atoms with van der Waals surface area (Å²) in [6.45, 7) is 3.29. The number of hydrogen-bond donors (Lipinski definition) is 1. The average Bonchev–Trinajstić information content (AvgIpc) is 2.53. The molecule has 21 heavy (non-hydrogen) atoms. The molecule has 1 heterocycles. The van der Waals surface area contributed by atoms with E-state index in [1.165, 1.54) is 5.56 Å². The van der Waals surface area contributed by atoms with Crippen molar-refractivity contribution in [3.63, 3.8) is 0 Å². The van der Waals surface area contributed by atoms with Crippen molar-refractivity contribution < 1.29 is 9.47 Å². The second kappa shape index (κ2) is 6.27. The minimum absolute atomic E-state index is 0.214. The summed E-state index contributed by atoms with van der Waals surface area (Å²) in [6.07, 6.45) is 0.967. The van der Waals surface area contributed by atoms with Crippen molar-refractivity contribution in [2.75, 3.05) is 18.5 Å². The van der Waals surface area contributed by atoms with Crippen LogP contribution in [0.25, 0.3) is 0 Å². The Labute approximate surface area is 129 Å². The summed E-state index contributed by atoms with van der Waals surface area (Å²) in [7, 11) is 0. The van der Waals surface area contributed by atoms with E-state index in [4.69, 9.17) is 21.1 Å². The summed E-state index contributed by atoms with van der Waals surface area (Å²) < 4.78 is 11.2. The average molecular weight is 304 g/mol. The fourth-order valence-corrected chi connectivity index (χ4v) is 2.68. The zero-order chi connectivity index (χ0) is 14.7. The van der Waals surface area contributed by atoms with Gasteiger partial charge < -0.3 is 14.8 Å². The highest BCUT2D eigenvalue weighted by atomic mass is 35.5. The Hall–Kier alpha value is -1.87. The number of fused-ring (bicyclic) bond motifs is 1. The Balaban J connectivity index is 1.86. The fraction of sp³-hybridized carbons (Fsp3) is 0.294. The van der Waals surface area contributed by atoms with Crippen LogP contribution in [0, 0.1) is 0 Å². The fourth-order valence-electron chi connectivity index (χ4n) is 2.47. The van der Waals surface area contributed by atoms with Crippen LogP contribution in [0.5, 0.6) is 11.5 Å². The molecule has 4 heteroatoms. The van der Waals surface area contributed by atoms with E-state index in [1.807, 2.05) is 30.3 Å². The van der Waals surface area contributed by atoms with E-state index in [9.17, 15) is 0 Å². The number of hydrogen-bond acceptors (Lipinski definition) is 3. The number of ether oxygens (including phenoxy) is 2. The smallest absolute Gasteiger partial charge is 0.163 e.